The van der Waals surface area contributed by atoms with E-state index in [0.717, 1.165) is 37.4 Å². The quantitative estimate of drug-likeness (QED) is 0.204. The Kier molecular flexibility index (Phi) is 9.57. The molecule has 0 bridgehead atoms. The molecule has 2 fully saturated rings. The zero-order valence-electron chi connectivity index (χ0n) is 21.2. The Morgan fingerprint density at radius 3 is 2.11 bits per heavy atom. The van der Waals surface area contributed by atoms with Gasteiger partial charge in [0, 0.05) is 33.9 Å². The topological polar surface area (TPSA) is 148 Å². The summed E-state index contributed by atoms with van der Waals surface area (Å²) in [4.78, 5) is 66.9. The molecule has 38 heavy (non-hydrogen) atoms. The van der Waals surface area contributed by atoms with Gasteiger partial charge in [-0.2, -0.15) is 0 Å². The molecule has 0 unspecified atom stereocenters. The Balaban J connectivity index is 2.09. The minimum atomic E-state index is -1.45. The van der Waals surface area contributed by atoms with E-state index in [-0.39, 0.29) is 9.23 Å². The highest BCUT2D eigenvalue weighted by molar-refractivity contribution is 8.26. The highest BCUT2D eigenvalue weighted by atomic mass is 32.2. The van der Waals surface area contributed by atoms with Crippen LogP contribution in [0.15, 0.2) is 29.3 Å². The van der Waals surface area contributed by atoms with Crippen LogP contribution >= 0.6 is 24.0 Å². The van der Waals surface area contributed by atoms with Crippen molar-refractivity contribution >= 4 is 63.7 Å². The first-order valence-electron chi connectivity index (χ1n) is 11.4. The number of amides is 1. The Bertz CT molecular complexity index is 1170. The number of thioether (sulfide) groups is 1. The van der Waals surface area contributed by atoms with Gasteiger partial charge >= 0.3 is 23.9 Å². The number of carbonyl (C=O) groups is 5. The normalized spacial score (nSPS) is 26.4. The minimum absolute atomic E-state index is 0.0705. The molecule has 12 nitrogen and oxygen atoms in total. The molecule has 1 aromatic heterocycles. The van der Waals surface area contributed by atoms with E-state index in [2.05, 4.69) is 4.98 Å². The zero-order chi connectivity index (χ0) is 28.1. The molecule has 0 spiro atoms. The van der Waals surface area contributed by atoms with Crippen molar-refractivity contribution in [2.45, 2.75) is 65.3 Å². The lowest BCUT2D eigenvalue weighted by molar-refractivity contribution is -0.268. The molecular formula is C24H26N2O10S2. The largest absolute Gasteiger partial charge is 0.463 e. The Morgan fingerprint density at radius 2 is 1.55 bits per heavy atom. The number of allylic oxidation sites excluding steroid dienone is 1. The summed E-state index contributed by atoms with van der Waals surface area (Å²) < 4.78 is 27.5. The summed E-state index contributed by atoms with van der Waals surface area (Å²) in [5.41, 5.74) is 1.10. The number of pyridine rings is 1. The Hall–Kier alpha value is -3.36. The fraction of sp³-hybridized carbons (Fsp3) is 0.458. The molecule has 2 aliphatic rings. The number of esters is 4. The van der Waals surface area contributed by atoms with Gasteiger partial charge in [-0.15, -0.1) is 0 Å². The van der Waals surface area contributed by atoms with Crippen LogP contribution in [0, 0.1) is 0 Å². The summed E-state index contributed by atoms with van der Waals surface area (Å²) in [6, 6.07) is 5.24. The SMILES string of the molecule is CC(=O)OC[C@@H]1O[C@H](N2C(=O)/C(=C(/C)c3ccccn3)SC2=S)[C@H](OC(C)=O)[C@H](OC(C)=O)[C@@H]1OC(C)=O. The molecule has 204 valence electrons. The van der Waals surface area contributed by atoms with Gasteiger partial charge in [0.2, 0.25) is 0 Å². The van der Waals surface area contributed by atoms with Crippen molar-refractivity contribution in [2.24, 2.45) is 0 Å². The van der Waals surface area contributed by atoms with Crippen LogP contribution in [0.3, 0.4) is 0 Å². The summed E-state index contributed by atoms with van der Waals surface area (Å²) in [5, 5.41) is 0. The zero-order valence-corrected chi connectivity index (χ0v) is 22.8. The molecule has 2 aliphatic heterocycles. The molecule has 1 aromatic rings. The predicted molar refractivity (Wildman–Crippen MR) is 136 cm³/mol. The molecule has 0 N–H and O–H groups in total. The van der Waals surface area contributed by atoms with Gasteiger partial charge in [-0.25, -0.2) is 0 Å². The summed E-state index contributed by atoms with van der Waals surface area (Å²) in [6.07, 6.45) is -5.28. The van der Waals surface area contributed by atoms with E-state index in [1.165, 1.54) is 6.92 Å². The summed E-state index contributed by atoms with van der Waals surface area (Å²) in [6.45, 7) is 5.80. The van der Waals surface area contributed by atoms with Gasteiger partial charge in [-0.1, -0.05) is 30.0 Å². The van der Waals surface area contributed by atoms with Crippen LogP contribution in [0.1, 0.15) is 40.3 Å². The fourth-order valence-corrected chi connectivity index (χ4v) is 5.28. The van der Waals surface area contributed by atoms with Crippen LogP contribution in [0.5, 0.6) is 0 Å². The third kappa shape index (κ3) is 6.74. The van der Waals surface area contributed by atoms with E-state index in [0.29, 0.717) is 11.3 Å². The highest BCUT2D eigenvalue weighted by Gasteiger charge is 2.56. The lowest BCUT2D eigenvalue weighted by Crippen LogP contribution is -2.66. The maximum absolute atomic E-state index is 13.7. The molecular weight excluding hydrogens is 540 g/mol. The van der Waals surface area contributed by atoms with Crippen LogP contribution < -0.4 is 0 Å². The molecule has 0 aliphatic carbocycles. The lowest BCUT2D eigenvalue weighted by Gasteiger charge is -2.46. The molecule has 2 saturated heterocycles. The number of aromatic nitrogens is 1. The van der Waals surface area contributed by atoms with Crippen molar-refractivity contribution in [1.82, 2.24) is 9.88 Å². The van der Waals surface area contributed by atoms with E-state index in [9.17, 15) is 24.0 Å². The average Bonchev–Trinajstić information content (AvgIpc) is 3.13. The third-order valence-electron chi connectivity index (χ3n) is 5.41. The van der Waals surface area contributed by atoms with Gasteiger partial charge in [0.05, 0.1) is 10.6 Å². The van der Waals surface area contributed by atoms with Gasteiger partial charge in [-0.05, 0) is 24.6 Å². The molecule has 5 atom stereocenters. The van der Waals surface area contributed by atoms with Crippen molar-refractivity contribution < 1.29 is 47.7 Å². The van der Waals surface area contributed by atoms with Crippen molar-refractivity contribution in [1.29, 1.82) is 0 Å². The van der Waals surface area contributed by atoms with E-state index >= 15 is 0 Å². The lowest BCUT2D eigenvalue weighted by atomic mass is 9.96. The van der Waals surface area contributed by atoms with Crippen LogP contribution in [0.25, 0.3) is 5.57 Å². The second-order valence-electron chi connectivity index (χ2n) is 8.30. The van der Waals surface area contributed by atoms with Crippen molar-refractivity contribution in [3.63, 3.8) is 0 Å². The van der Waals surface area contributed by atoms with Gasteiger partial charge in [0.15, 0.2) is 28.9 Å². The molecule has 14 heteroatoms. The smallest absolute Gasteiger partial charge is 0.303 e. The standard InChI is InChI=1S/C24H26N2O10S2/c1-11(16-8-6-7-9-25-16)21-22(31)26(24(37)38-21)23-20(35-15(5)30)19(34-14(4)29)18(33-13(3)28)17(36-23)10-32-12(2)27/h6-9,17-20,23H,10H2,1-5H3/b21-11+/t17-,18+,19+,20+,23-/m0/s1. The molecule has 0 saturated carbocycles. The first-order chi connectivity index (χ1) is 17.9. The minimum Gasteiger partial charge on any atom is -0.463 e. The van der Waals surface area contributed by atoms with Crippen molar-refractivity contribution in [2.75, 3.05) is 6.61 Å². The number of hydrogen-bond donors (Lipinski definition) is 0. The second-order valence-corrected chi connectivity index (χ2v) is 9.95. The fourth-order valence-electron chi connectivity index (χ4n) is 3.94. The van der Waals surface area contributed by atoms with Crippen LogP contribution in [0.4, 0.5) is 0 Å². The van der Waals surface area contributed by atoms with E-state index in [4.69, 9.17) is 35.9 Å². The first kappa shape index (κ1) is 29.2. The van der Waals surface area contributed by atoms with Gasteiger partial charge in [-0.3, -0.25) is 33.9 Å². The van der Waals surface area contributed by atoms with Crippen LogP contribution in [-0.4, -0.2) is 81.2 Å². The monoisotopic (exact) mass is 566 g/mol. The summed E-state index contributed by atoms with van der Waals surface area (Å²) in [5.74, 6) is -3.55. The second kappa shape index (κ2) is 12.5. The summed E-state index contributed by atoms with van der Waals surface area (Å²) in [7, 11) is 0. The van der Waals surface area contributed by atoms with E-state index < -0.39 is 67.0 Å². The molecule has 0 radical (unpaired) electrons. The molecule has 1 amide bonds. The Morgan fingerprint density at radius 1 is 0.947 bits per heavy atom. The predicted octanol–water partition coefficient (Wildman–Crippen LogP) is 1.76. The molecule has 3 heterocycles. The van der Waals surface area contributed by atoms with E-state index in [1.54, 1.807) is 31.3 Å². The highest BCUT2D eigenvalue weighted by Crippen LogP contribution is 2.41. The number of rotatable bonds is 7. The average molecular weight is 567 g/mol. The maximum atomic E-state index is 13.7. The van der Waals surface area contributed by atoms with E-state index in [1.807, 2.05) is 0 Å². The van der Waals surface area contributed by atoms with Crippen LogP contribution in [0.2, 0.25) is 0 Å². The number of thiocarbonyl (C=S) groups is 1. The third-order valence-corrected chi connectivity index (χ3v) is 6.91. The van der Waals surface area contributed by atoms with Gasteiger partial charge in [0.25, 0.3) is 5.91 Å². The van der Waals surface area contributed by atoms with Gasteiger partial charge in [0.1, 0.15) is 12.7 Å². The van der Waals surface area contributed by atoms with Gasteiger partial charge < -0.3 is 23.7 Å². The number of nitrogens with zero attached hydrogens (tertiary/aromatic N) is 2. The number of ether oxygens (including phenoxy) is 5. The van der Waals surface area contributed by atoms with Crippen molar-refractivity contribution in [3.05, 3.63) is 35.0 Å². The van der Waals surface area contributed by atoms with Crippen molar-refractivity contribution in [3.8, 4) is 0 Å². The molecule has 0 aromatic carbocycles. The summed E-state index contributed by atoms with van der Waals surface area (Å²) >= 11 is 6.49. The Labute approximate surface area is 228 Å². The molecule has 3 rings (SSSR count). The maximum Gasteiger partial charge on any atom is 0.303 e. The number of hydrogen-bond acceptors (Lipinski definition) is 13. The first-order valence-corrected chi connectivity index (χ1v) is 12.6. The number of carbonyl (C=O) groups excluding carboxylic acids is 5. The van der Waals surface area contributed by atoms with Crippen LogP contribution in [-0.2, 0) is 47.7 Å².